The zero-order valence-electron chi connectivity index (χ0n) is 18.7. The Labute approximate surface area is 194 Å². The second kappa shape index (κ2) is 10.3. The van der Waals surface area contributed by atoms with Gasteiger partial charge in [-0.05, 0) is 49.7 Å². The van der Waals surface area contributed by atoms with Gasteiger partial charge in [-0.1, -0.05) is 30.3 Å². The van der Waals surface area contributed by atoms with Crippen LogP contribution in [0.4, 0.5) is 5.69 Å². The predicted octanol–water partition coefficient (Wildman–Crippen LogP) is 2.79. The van der Waals surface area contributed by atoms with Gasteiger partial charge < -0.3 is 5.32 Å². The van der Waals surface area contributed by atoms with Crippen LogP contribution in [0.2, 0.25) is 0 Å². The minimum absolute atomic E-state index is 0.163. The number of nitrogens with one attached hydrogen (secondary N) is 1. The number of carbonyl (C=O) groups is 1. The molecule has 174 valence electrons. The number of hydrogen-bond acceptors (Lipinski definition) is 5. The SMILES string of the molecule is CN(CC(=O)Nc1ccc(S(=O)(=O)N2CCCC2)cc1)Cc1cnn(Cc2ccccc2)c1. The van der Waals surface area contributed by atoms with Crippen LogP contribution in [0.15, 0.2) is 71.9 Å². The van der Waals surface area contributed by atoms with Crippen LogP contribution in [-0.4, -0.2) is 60.0 Å². The third-order valence-corrected chi connectivity index (χ3v) is 7.49. The van der Waals surface area contributed by atoms with Crippen LogP contribution in [0.1, 0.15) is 24.0 Å². The standard InChI is InChI=1S/C24H29N5O3S/c1-27(16-21-15-25-28(18-21)17-20-7-3-2-4-8-20)19-24(30)26-22-9-11-23(12-10-22)33(31,32)29-13-5-6-14-29/h2-4,7-12,15,18H,5-6,13-14,16-17,19H2,1H3,(H,26,30). The van der Waals surface area contributed by atoms with Crippen LogP contribution in [0.25, 0.3) is 0 Å². The Kier molecular flexibility index (Phi) is 7.22. The van der Waals surface area contributed by atoms with E-state index in [1.165, 1.54) is 9.87 Å². The molecule has 0 aliphatic carbocycles. The van der Waals surface area contributed by atoms with Crippen LogP contribution < -0.4 is 5.32 Å². The summed E-state index contributed by atoms with van der Waals surface area (Å²) in [5, 5.41) is 7.24. The fourth-order valence-electron chi connectivity index (χ4n) is 3.95. The van der Waals surface area contributed by atoms with Crippen molar-refractivity contribution in [3.8, 4) is 0 Å². The van der Waals surface area contributed by atoms with E-state index < -0.39 is 10.0 Å². The highest BCUT2D eigenvalue weighted by atomic mass is 32.2. The zero-order valence-corrected chi connectivity index (χ0v) is 19.5. The van der Waals surface area contributed by atoms with Crippen molar-refractivity contribution in [1.29, 1.82) is 0 Å². The molecule has 8 nitrogen and oxygen atoms in total. The monoisotopic (exact) mass is 467 g/mol. The van der Waals surface area contributed by atoms with E-state index in [0.29, 0.717) is 31.9 Å². The van der Waals surface area contributed by atoms with Crippen molar-refractivity contribution in [2.24, 2.45) is 0 Å². The molecule has 0 bridgehead atoms. The molecule has 0 atom stereocenters. The number of aromatic nitrogens is 2. The Bertz CT molecular complexity index is 1170. The molecule has 4 rings (SSSR count). The number of nitrogens with zero attached hydrogens (tertiary/aromatic N) is 4. The van der Waals surface area contributed by atoms with E-state index in [1.807, 2.05) is 47.2 Å². The van der Waals surface area contributed by atoms with Crippen molar-refractivity contribution in [1.82, 2.24) is 19.0 Å². The third kappa shape index (κ3) is 6.07. The summed E-state index contributed by atoms with van der Waals surface area (Å²) in [5.74, 6) is -0.163. The van der Waals surface area contributed by atoms with Crippen molar-refractivity contribution in [3.63, 3.8) is 0 Å². The van der Waals surface area contributed by atoms with Gasteiger partial charge in [0.15, 0.2) is 0 Å². The van der Waals surface area contributed by atoms with Gasteiger partial charge in [0.05, 0.1) is 24.2 Å². The minimum Gasteiger partial charge on any atom is -0.325 e. The van der Waals surface area contributed by atoms with Gasteiger partial charge in [-0.25, -0.2) is 8.42 Å². The minimum atomic E-state index is -3.45. The maximum Gasteiger partial charge on any atom is 0.243 e. The summed E-state index contributed by atoms with van der Waals surface area (Å²) in [5.41, 5.74) is 2.78. The number of sulfonamides is 1. The molecule has 2 heterocycles. The van der Waals surface area contributed by atoms with Gasteiger partial charge in [0.2, 0.25) is 15.9 Å². The quantitative estimate of drug-likeness (QED) is 0.523. The fourth-order valence-corrected chi connectivity index (χ4v) is 5.46. The van der Waals surface area contributed by atoms with Crippen LogP contribution >= 0.6 is 0 Å². The normalized spacial score (nSPS) is 14.6. The number of benzene rings is 2. The Morgan fingerprint density at radius 1 is 1.03 bits per heavy atom. The van der Waals surface area contributed by atoms with Gasteiger partial charge in [-0.2, -0.15) is 9.40 Å². The number of likely N-dealkylation sites (N-methyl/N-ethyl adjacent to an activating group) is 1. The van der Waals surface area contributed by atoms with Gasteiger partial charge in [-0.15, -0.1) is 0 Å². The summed E-state index contributed by atoms with van der Waals surface area (Å²) in [6, 6.07) is 16.5. The molecule has 33 heavy (non-hydrogen) atoms. The molecule has 0 saturated carbocycles. The first-order valence-corrected chi connectivity index (χ1v) is 12.5. The van der Waals surface area contributed by atoms with Crippen molar-refractivity contribution in [2.75, 3.05) is 32.0 Å². The summed E-state index contributed by atoms with van der Waals surface area (Å²) in [7, 11) is -1.58. The Balaban J connectivity index is 1.27. The smallest absolute Gasteiger partial charge is 0.243 e. The summed E-state index contributed by atoms with van der Waals surface area (Å²) < 4.78 is 28.6. The van der Waals surface area contributed by atoms with Crippen molar-refractivity contribution >= 4 is 21.6 Å². The molecule has 1 amide bonds. The maximum absolute atomic E-state index is 12.6. The molecule has 9 heteroatoms. The van der Waals surface area contributed by atoms with E-state index in [0.717, 1.165) is 18.4 Å². The molecular formula is C24H29N5O3S. The first kappa shape index (κ1) is 23.2. The van der Waals surface area contributed by atoms with Crippen LogP contribution in [-0.2, 0) is 27.9 Å². The molecule has 2 aromatic carbocycles. The number of amides is 1. The number of carbonyl (C=O) groups excluding carboxylic acids is 1. The molecule has 0 radical (unpaired) electrons. The topological polar surface area (TPSA) is 87.5 Å². The Morgan fingerprint density at radius 3 is 2.42 bits per heavy atom. The van der Waals surface area contributed by atoms with E-state index in [1.54, 1.807) is 24.3 Å². The molecule has 1 fully saturated rings. The van der Waals surface area contributed by atoms with Crippen LogP contribution in [0, 0.1) is 0 Å². The highest BCUT2D eigenvalue weighted by Gasteiger charge is 2.26. The van der Waals surface area contributed by atoms with E-state index in [4.69, 9.17) is 0 Å². The second-order valence-electron chi connectivity index (χ2n) is 8.39. The summed E-state index contributed by atoms with van der Waals surface area (Å²) >= 11 is 0. The lowest BCUT2D eigenvalue weighted by atomic mass is 10.2. The molecular weight excluding hydrogens is 438 g/mol. The van der Waals surface area contributed by atoms with E-state index in [-0.39, 0.29) is 17.3 Å². The fraction of sp³-hybridized carbons (Fsp3) is 0.333. The van der Waals surface area contributed by atoms with Crippen LogP contribution in [0.5, 0.6) is 0 Å². The van der Waals surface area contributed by atoms with Gasteiger partial charge >= 0.3 is 0 Å². The largest absolute Gasteiger partial charge is 0.325 e. The van der Waals surface area contributed by atoms with Gasteiger partial charge in [0.25, 0.3) is 0 Å². The van der Waals surface area contributed by atoms with E-state index in [9.17, 15) is 13.2 Å². The number of rotatable bonds is 9. The maximum atomic E-state index is 12.6. The van der Waals surface area contributed by atoms with Crippen LogP contribution in [0.3, 0.4) is 0 Å². The average Bonchev–Trinajstić information content (AvgIpc) is 3.48. The van der Waals surface area contributed by atoms with Gasteiger partial charge in [-0.3, -0.25) is 14.4 Å². The number of anilines is 1. The second-order valence-corrected chi connectivity index (χ2v) is 10.3. The molecule has 0 spiro atoms. The molecule has 1 aliphatic heterocycles. The lowest BCUT2D eigenvalue weighted by Crippen LogP contribution is -2.30. The zero-order chi connectivity index (χ0) is 23.3. The first-order valence-electron chi connectivity index (χ1n) is 11.0. The predicted molar refractivity (Wildman–Crippen MR) is 127 cm³/mol. The Morgan fingerprint density at radius 2 is 1.73 bits per heavy atom. The lowest BCUT2D eigenvalue weighted by molar-refractivity contribution is -0.117. The van der Waals surface area contributed by atoms with E-state index >= 15 is 0 Å². The first-order chi connectivity index (χ1) is 15.9. The highest BCUT2D eigenvalue weighted by Crippen LogP contribution is 2.22. The van der Waals surface area contributed by atoms with Crippen molar-refractivity contribution in [2.45, 2.75) is 30.8 Å². The lowest BCUT2D eigenvalue weighted by Gasteiger charge is -2.17. The molecule has 1 saturated heterocycles. The highest BCUT2D eigenvalue weighted by molar-refractivity contribution is 7.89. The average molecular weight is 468 g/mol. The van der Waals surface area contributed by atoms with Crippen molar-refractivity contribution < 1.29 is 13.2 Å². The van der Waals surface area contributed by atoms with E-state index in [2.05, 4.69) is 22.5 Å². The Hall–Kier alpha value is -3.01. The summed E-state index contributed by atoms with van der Waals surface area (Å²) in [4.78, 5) is 14.6. The summed E-state index contributed by atoms with van der Waals surface area (Å²) in [6.07, 6.45) is 5.60. The molecule has 3 aromatic rings. The van der Waals surface area contributed by atoms with Gasteiger partial charge in [0.1, 0.15) is 0 Å². The summed E-state index contributed by atoms with van der Waals surface area (Å²) in [6.45, 7) is 2.64. The molecule has 1 N–H and O–H groups in total. The number of hydrogen-bond donors (Lipinski definition) is 1. The third-order valence-electron chi connectivity index (χ3n) is 5.58. The molecule has 0 unspecified atom stereocenters. The molecule has 1 aromatic heterocycles. The molecule has 1 aliphatic rings. The van der Waals surface area contributed by atoms with Crippen molar-refractivity contribution in [3.05, 3.63) is 78.1 Å². The van der Waals surface area contributed by atoms with Gasteiger partial charge in [0, 0.05) is 37.1 Å².